The van der Waals surface area contributed by atoms with Gasteiger partial charge in [0.2, 0.25) is 5.96 Å². The quantitative estimate of drug-likeness (QED) is 0.812. The molecule has 0 N–H and O–H groups in total. The molecule has 2 aromatic rings. The number of carbonyl (C=O) groups excluding carboxylic acids is 1. The van der Waals surface area contributed by atoms with Gasteiger partial charge in [-0.15, -0.1) is 0 Å². The van der Waals surface area contributed by atoms with Gasteiger partial charge < -0.3 is 9.80 Å². The summed E-state index contributed by atoms with van der Waals surface area (Å²) in [6, 6.07) is 17.7. The average molecular weight is 386 g/mol. The van der Waals surface area contributed by atoms with E-state index in [1.807, 2.05) is 78.5 Å². The molecule has 0 saturated carbocycles. The molecule has 0 spiro atoms. The monoisotopic (exact) mass is 385 g/mol. The normalized spacial score (nSPS) is 15.5. The van der Waals surface area contributed by atoms with Crippen LogP contribution in [0.3, 0.4) is 0 Å². The van der Waals surface area contributed by atoms with E-state index >= 15 is 0 Å². The third-order valence-electron chi connectivity index (χ3n) is 4.25. The van der Waals surface area contributed by atoms with E-state index in [1.54, 1.807) is 0 Å². The van der Waals surface area contributed by atoms with Crippen molar-refractivity contribution in [2.75, 3.05) is 27.2 Å². The summed E-state index contributed by atoms with van der Waals surface area (Å²) in [5.74, 6) is 0.200. The summed E-state index contributed by atoms with van der Waals surface area (Å²) >= 11 is 3.45. The van der Waals surface area contributed by atoms with Crippen LogP contribution in [-0.2, 0) is 4.79 Å². The highest BCUT2D eigenvalue weighted by atomic mass is 79.9. The molecule has 1 unspecified atom stereocenters. The molecule has 1 heterocycles. The Morgan fingerprint density at radius 3 is 2.08 bits per heavy atom. The van der Waals surface area contributed by atoms with Crippen molar-refractivity contribution in [2.24, 2.45) is 4.99 Å². The second kappa shape index (κ2) is 7.18. The van der Waals surface area contributed by atoms with Crippen LogP contribution in [0.1, 0.15) is 17.0 Å². The van der Waals surface area contributed by atoms with Gasteiger partial charge in [0.1, 0.15) is 0 Å². The molecule has 1 atom stereocenters. The summed E-state index contributed by atoms with van der Waals surface area (Å²) in [5.41, 5.74) is 1.90. The van der Waals surface area contributed by atoms with E-state index < -0.39 is 5.92 Å². The van der Waals surface area contributed by atoms with Crippen LogP contribution in [0.2, 0.25) is 0 Å². The molecule has 1 amide bonds. The number of likely N-dealkylation sites (N-methyl/N-ethyl adjacent to an activating group) is 2. The number of hydrogen-bond donors (Lipinski definition) is 0. The number of halogens is 1. The number of guanidine groups is 1. The molecule has 2 aromatic carbocycles. The molecule has 3 rings (SSSR count). The maximum atomic E-state index is 13.0. The molecular formula is C19H20BrN3O. The van der Waals surface area contributed by atoms with Gasteiger partial charge in [0, 0.05) is 31.7 Å². The molecule has 0 bridgehead atoms. The highest BCUT2D eigenvalue weighted by molar-refractivity contribution is 9.10. The second-order valence-electron chi connectivity index (χ2n) is 5.99. The lowest BCUT2D eigenvalue weighted by Crippen LogP contribution is -2.30. The van der Waals surface area contributed by atoms with Crippen LogP contribution in [0.4, 0.5) is 0 Å². The summed E-state index contributed by atoms with van der Waals surface area (Å²) in [4.78, 5) is 21.5. The zero-order valence-corrected chi connectivity index (χ0v) is 15.4. The van der Waals surface area contributed by atoms with Crippen LogP contribution in [0.5, 0.6) is 0 Å². The van der Waals surface area contributed by atoms with Crippen molar-refractivity contribution in [2.45, 2.75) is 5.92 Å². The van der Waals surface area contributed by atoms with Crippen molar-refractivity contribution < 1.29 is 4.79 Å². The van der Waals surface area contributed by atoms with Crippen molar-refractivity contribution in [1.82, 2.24) is 9.80 Å². The van der Waals surface area contributed by atoms with Gasteiger partial charge in [0.15, 0.2) is 0 Å². The summed E-state index contributed by atoms with van der Waals surface area (Å²) in [6.07, 6.45) is 0. The number of benzene rings is 2. The Labute approximate surface area is 150 Å². The Hall–Kier alpha value is -2.14. The van der Waals surface area contributed by atoms with Gasteiger partial charge in [-0.2, -0.15) is 4.99 Å². The van der Waals surface area contributed by atoms with Crippen molar-refractivity contribution in [1.29, 1.82) is 0 Å². The van der Waals surface area contributed by atoms with Crippen molar-refractivity contribution in [3.05, 3.63) is 70.2 Å². The summed E-state index contributed by atoms with van der Waals surface area (Å²) in [7, 11) is 3.93. The maximum Gasteiger partial charge on any atom is 0.260 e. The SMILES string of the molecule is CN1CCN(C)C1=NC(=O)C(c1ccccc1)c1ccc(Br)cc1. The minimum absolute atomic E-state index is 0.140. The maximum absolute atomic E-state index is 13.0. The first-order valence-corrected chi connectivity index (χ1v) is 8.71. The third kappa shape index (κ3) is 3.51. The number of hydrogen-bond acceptors (Lipinski definition) is 1. The Morgan fingerprint density at radius 1 is 0.958 bits per heavy atom. The lowest BCUT2D eigenvalue weighted by atomic mass is 9.91. The molecule has 1 saturated heterocycles. The van der Waals surface area contributed by atoms with Crippen LogP contribution in [-0.4, -0.2) is 48.9 Å². The second-order valence-corrected chi connectivity index (χ2v) is 6.90. The predicted molar refractivity (Wildman–Crippen MR) is 100 cm³/mol. The molecule has 4 nitrogen and oxygen atoms in total. The topological polar surface area (TPSA) is 35.9 Å². The van der Waals surface area contributed by atoms with E-state index in [4.69, 9.17) is 0 Å². The highest BCUT2D eigenvalue weighted by Crippen LogP contribution is 2.27. The molecule has 1 aliphatic heterocycles. The molecular weight excluding hydrogens is 366 g/mol. The number of nitrogens with zero attached hydrogens (tertiary/aromatic N) is 3. The molecule has 5 heteroatoms. The number of carbonyl (C=O) groups is 1. The largest absolute Gasteiger partial charge is 0.344 e. The fourth-order valence-electron chi connectivity index (χ4n) is 2.90. The van der Waals surface area contributed by atoms with E-state index in [1.165, 1.54) is 0 Å². The minimum atomic E-state index is -0.394. The lowest BCUT2D eigenvalue weighted by Gasteiger charge is -2.19. The number of aliphatic imine (C=N–C) groups is 1. The zero-order chi connectivity index (χ0) is 17.1. The van der Waals surface area contributed by atoms with Crippen LogP contribution < -0.4 is 0 Å². The predicted octanol–water partition coefficient (Wildman–Crippen LogP) is 3.34. The first-order chi connectivity index (χ1) is 11.6. The van der Waals surface area contributed by atoms with Gasteiger partial charge in [-0.3, -0.25) is 4.79 Å². The molecule has 0 radical (unpaired) electrons. The van der Waals surface area contributed by atoms with Crippen molar-refractivity contribution in [3.8, 4) is 0 Å². The fourth-order valence-corrected chi connectivity index (χ4v) is 3.17. The van der Waals surface area contributed by atoms with Crippen molar-refractivity contribution in [3.63, 3.8) is 0 Å². The van der Waals surface area contributed by atoms with Crippen LogP contribution in [0, 0.1) is 0 Å². The summed E-state index contributed by atoms with van der Waals surface area (Å²) in [6.45, 7) is 1.77. The van der Waals surface area contributed by atoms with Gasteiger partial charge in [0.25, 0.3) is 5.91 Å². The summed E-state index contributed by atoms with van der Waals surface area (Å²) < 4.78 is 0.993. The van der Waals surface area contributed by atoms with E-state index in [-0.39, 0.29) is 5.91 Å². The average Bonchev–Trinajstić information content (AvgIpc) is 2.90. The van der Waals surface area contributed by atoms with Crippen LogP contribution in [0.15, 0.2) is 64.1 Å². The van der Waals surface area contributed by atoms with Crippen molar-refractivity contribution >= 4 is 27.8 Å². The Bertz CT molecular complexity index is 731. The Balaban J connectivity index is 2.00. The van der Waals surface area contributed by atoms with E-state index in [9.17, 15) is 4.79 Å². The van der Waals surface area contributed by atoms with Gasteiger partial charge in [-0.25, -0.2) is 0 Å². The molecule has 1 aliphatic rings. The smallest absolute Gasteiger partial charge is 0.260 e. The van der Waals surface area contributed by atoms with Gasteiger partial charge in [0.05, 0.1) is 5.92 Å². The van der Waals surface area contributed by atoms with E-state index in [2.05, 4.69) is 20.9 Å². The highest BCUT2D eigenvalue weighted by Gasteiger charge is 2.26. The fraction of sp³-hybridized carbons (Fsp3) is 0.263. The third-order valence-corrected chi connectivity index (χ3v) is 4.78. The lowest BCUT2D eigenvalue weighted by molar-refractivity contribution is -0.118. The Morgan fingerprint density at radius 2 is 1.50 bits per heavy atom. The first-order valence-electron chi connectivity index (χ1n) is 7.91. The van der Waals surface area contributed by atoms with E-state index in [0.29, 0.717) is 0 Å². The summed E-state index contributed by atoms with van der Waals surface area (Å²) in [5, 5.41) is 0. The molecule has 24 heavy (non-hydrogen) atoms. The molecule has 0 aromatic heterocycles. The zero-order valence-electron chi connectivity index (χ0n) is 13.8. The first kappa shape index (κ1) is 16.7. The Kier molecular flexibility index (Phi) is 5.00. The molecule has 1 fully saturated rings. The standard InChI is InChI=1S/C19H20BrN3O/c1-22-12-13-23(2)19(22)21-18(24)17(14-6-4-3-5-7-14)15-8-10-16(20)11-9-15/h3-11,17H,12-13H2,1-2H3. The van der Waals surface area contributed by atoms with Gasteiger partial charge >= 0.3 is 0 Å². The van der Waals surface area contributed by atoms with E-state index in [0.717, 1.165) is 34.6 Å². The minimum Gasteiger partial charge on any atom is -0.344 e. The van der Waals surface area contributed by atoms with Gasteiger partial charge in [-0.05, 0) is 23.3 Å². The number of amides is 1. The van der Waals surface area contributed by atoms with Crippen LogP contribution in [0.25, 0.3) is 0 Å². The van der Waals surface area contributed by atoms with Gasteiger partial charge in [-0.1, -0.05) is 58.4 Å². The molecule has 124 valence electrons. The van der Waals surface area contributed by atoms with Crippen LogP contribution >= 0.6 is 15.9 Å². The number of rotatable bonds is 3. The molecule has 0 aliphatic carbocycles.